The lowest BCUT2D eigenvalue weighted by Gasteiger charge is -2.24. The Morgan fingerprint density at radius 2 is 1.23 bits per heavy atom. The second kappa shape index (κ2) is 27.3. The Morgan fingerprint density at radius 3 is 1.80 bits per heavy atom. The Morgan fingerprint density at radius 1 is 0.656 bits per heavy atom. The zero-order valence-electron chi connectivity index (χ0n) is 40.2. The summed E-state index contributed by atoms with van der Waals surface area (Å²) in [5.74, 6) is -4.88. The van der Waals surface area contributed by atoms with E-state index < -0.39 is 64.8 Å². The van der Waals surface area contributed by atoms with Crippen LogP contribution in [0.2, 0.25) is 0 Å². The summed E-state index contributed by atoms with van der Waals surface area (Å²) < 4.78 is 10.7. The third-order valence-electron chi connectivity index (χ3n) is 10.5. The summed E-state index contributed by atoms with van der Waals surface area (Å²) in [6.07, 6.45) is 5.84. The van der Waals surface area contributed by atoms with Crippen LogP contribution in [0.5, 0.6) is 0 Å². The van der Waals surface area contributed by atoms with Crippen molar-refractivity contribution < 1.29 is 48.1 Å². The number of amides is 3. The molecule has 0 saturated heterocycles. The van der Waals surface area contributed by atoms with Crippen LogP contribution in [0.1, 0.15) is 169 Å². The van der Waals surface area contributed by atoms with Gasteiger partial charge in [0.25, 0.3) is 0 Å². The fourth-order valence-electron chi connectivity index (χ4n) is 7.12. The number of aryl methyl sites for hydroxylation is 1. The van der Waals surface area contributed by atoms with Gasteiger partial charge in [-0.1, -0.05) is 95.5 Å². The first-order valence-electron chi connectivity index (χ1n) is 23.3. The van der Waals surface area contributed by atoms with Crippen molar-refractivity contribution in [3.05, 3.63) is 59.7 Å². The first-order chi connectivity index (χ1) is 30.0. The summed E-state index contributed by atoms with van der Waals surface area (Å²) in [5, 5.41) is 17.8. The molecule has 0 fully saturated rings. The number of unbranched alkanes of at least 4 members (excludes halogenated alkanes) is 4. The average molecular weight is 892 g/mol. The first kappa shape index (κ1) is 55.1. The number of ether oxygens (including phenoxy) is 2. The van der Waals surface area contributed by atoms with Crippen LogP contribution in [-0.2, 0) is 39.9 Å². The number of carboxylic acid groups (broad SMARTS) is 1. The van der Waals surface area contributed by atoms with Gasteiger partial charge in [0.05, 0.1) is 6.04 Å². The number of Topliss-reactive ketones (excluding diaryl/α,β-unsaturated/α-hetero) is 2. The van der Waals surface area contributed by atoms with E-state index in [-0.39, 0.29) is 56.3 Å². The lowest BCUT2D eigenvalue weighted by molar-refractivity contribution is -0.155. The van der Waals surface area contributed by atoms with Crippen molar-refractivity contribution in [3.8, 4) is 11.1 Å². The van der Waals surface area contributed by atoms with E-state index >= 15 is 0 Å². The van der Waals surface area contributed by atoms with Crippen molar-refractivity contribution in [2.45, 2.75) is 182 Å². The minimum atomic E-state index is -1.17. The third kappa shape index (κ3) is 22.5. The number of carbonyl (C=O) groups excluding carboxylic acids is 6. The smallest absolute Gasteiger partial charge is 0.407 e. The Hall–Kier alpha value is -5.07. The molecule has 2 aromatic rings. The van der Waals surface area contributed by atoms with Gasteiger partial charge < -0.3 is 30.5 Å². The predicted octanol–water partition coefficient (Wildman–Crippen LogP) is 9.57. The Balaban J connectivity index is 2.30. The number of hydrogen-bond donors (Lipinski definition) is 4. The fraction of sp³-hybridized carbons (Fsp3) is 0.627. The van der Waals surface area contributed by atoms with Gasteiger partial charge in [-0.05, 0) is 116 Å². The number of rotatable bonds is 28. The molecule has 356 valence electrons. The lowest BCUT2D eigenvalue weighted by Crippen LogP contribution is -2.47. The molecule has 0 radical (unpaired) electrons. The van der Waals surface area contributed by atoms with E-state index in [1.807, 2.05) is 26.0 Å². The number of benzene rings is 2. The molecule has 0 aliphatic heterocycles. The summed E-state index contributed by atoms with van der Waals surface area (Å²) in [7, 11) is 0. The summed E-state index contributed by atoms with van der Waals surface area (Å²) >= 11 is 0. The lowest BCUT2D eigenvalue weighted by atomic mass is 9.90. The van der Waals surface area contributed by atoms with Crippen molar-refractivity contribution in [1.82, 2.24) is 16.0 Å². The molecule has 0 aliphatic rings. The SMILES string of the molecule is CCCCc1ccc(-c2ccc(C(=O)C[C@@H](CCCCCC(=O)OC(C)(C)C)C(=O)N[C@@H](CCCCNC(=O)OC(C)(C)C)C(=O)C[C@@H](C)C(=O)N[C@@H](CC(C)C)C(=O)O)cc2)cc1. The van der Waals surface area contributed by atoms with E-state index in [1.54, 1.807) is 53.7 Å². The normalized spacial score (nSPS) is 13.5. The Labute approximate surface area is 382 Å². The molecule has 2 rings (SSSR count). The van der Waals surface area contributed by atoms with E-state index in [4.69, 9.17) is 9.47 Å². The van der Waals surface area contributed by atoms with Crippen LogP contribution in [0.15, 0.2) is 48.5 Å². The number of ketones is 2. The van der Waals surface area contributed by atoms with Gasteiger partial charge in [0.2, 0.25) is 11.8 Å². The van der Waals surface area contributed by atoms with Crippen molar-refractivity contribution in [1.29, 1.82) is 0 Å². The standard InChI is InChI=1S/C51H77N3O10/c1-11-12-18-36-22-24-37(25-23-36)38-26-28-39(29-27-38)43(55)33-40(19-14-13-15-21-45(57)63-50(5,6)7)47(59)53-41(20-16-17-30-52-49(62)64-51(8,9)10)44(56)32-35(4)46(58)54-42(48(60)61)31-34(2)3/h22-29,34-35,40-42H,11-21,30-33H2,1-10H3,(H,52,62)(H,53,59)(H,54,58)(H,60,61)/t35-,40-,41+,42+/m1/s1. The molecule has 0 aliphatic carbocycles. The Kier molecular flexibility index (Phi) is 23.5. The highest BCUT2D eigenvalue weighted by atomic mass is 16.6. The van der Waals surface area contributed by atoms with E-state index in [9.17, 15) is 38.7 Å². The maximum Gasteiger partial charge on any atom is 0.407 e. The molecule has 4 atom stereocenters. The zero-order valence-corrected chi connectivity index (χ0v) is 40.2. The summed E-state index contributed by atoms with van der Waals surface area (Å²) in [4.78, 5) is 91.6. The first-order valence-corrected chi connectivity index (χ1v) is 23.3. The minimum absolute atomic E-state index is 0.00457. The van der Waals surface area contributed by atoms with Gasteiger partial charge in [-0.25, -0.2) is 9.59 Å². The van der Waals surface area contributed by atoms with Crippen molar-refractivity contribution >= 4 is 41.4 Å². The molecule has 0 aromatic heterocycles. The quantitative estimate of drug-likeness (QED) is 0.0363. The number of hydrogen-bond acceptors (Lipinski definition) is 9. The molecular weight excluding hydrogens is 815 g/mol. The second-order valence-electron chi connectivity index (χ2n) is 19.5. The maximum atomic E-state index is 14.2. The Bertz CT molecular complexity index is 1810. The maximum absolute atomic E-state index is 14.2. The van der Waals surface area contributed by atoms with Crippen LogP contribution in [0, 0.1) is 17.8 Å². The van der Waals surface area contributed by atoms with Gasteiger partial charge in [-0.15, -0.1) is 0 Å². The molecular formula is C51H77N3O10. The minimum Gasteiger partial charge on any atom is -0.480 e. The largest absolute Gasteiger partial charge is 0.480 e. The predicted molar refractivity (Wildman–Crippen MR) is 250 cm³/mol. The van der Waals surface area contributed by atoms with Gasteiger partial charge in [0, 0.05) is 43.2 Å². The van der Waals surface area contributed by atoms with Crippen LogP contribution in [0.3, 0.4) is 0 Å². The highest BCUT2D eigenvalue weighted by Gasteiger charge is 2.31. The van der Waals surface area contributed by atoms with Gasteiger partial charge in [-0.2, -0.15) is 0 Å². The molecule has 3 amide bonds. The number of alkyl carbamates (subject to hydrolysis) is 1. The molecule has 4 N–H and O–H groups in total. The van der Waals surface area contributed by atoms with Gasteiger partial charge in [0.1, 0.15) is 17.2 Å². The molecule has 0 saturated carbocycles. The summed E-state index contributed by atoms with van der Waals surface area (Å²) in [6.45, 7) is 18.4. The van der Waals surface area contributed by atoms with Crippen LogP contribution < -0.4 is 16.0 Å². The van der Waals surface area contributed by atoms with Gasteiger partial charge >= 0.3 is 18.0 Å². The van der Waals surface area contributed by atoms with E-state index in [1.165, 1.54) is 12.5 Å². The summed E-state index contributed by atoms with van der Waals surface area (Å²) in [6, 6.07) is 13.6. The molecule has 0 spiro atoms. The van der Waals surface area contributed by atoms with Crippen molar-refractivity contribution in [2.75, 3.05) is 6.54 Å². The van der Waals surface area contributed by atoms with E-state index in [0.29, 0.717) is 44.1 Å². The monoisotopic (exact) mass is 892 g/mol. The fourth-order valence-corrected chi connectivity index (χ4v) is 7.12. The van der Waals surface area contributed by atoms with Crippen LogP contribution in [0.4, 0.5) is 4.79 Å². The number of aliphatic carboxylic acids is 1. The zero-order chi connectivity index (χ0) is 48.0. The number of nitrogens with one attached hydrogen (secondary N) is 3. The highest BCUT2D eigenvalue weighted by Crippen LogP contribution is 2.24. The number of esters is 1. The van der Waals surface area contributed by atoms with E-state index in [2.05, 4.69) is 47.1 Å². The van der Waals surface area contributed by atoms with Gasteiger partial charge in [0.15, 0.2) is 11.6 Å². The topological polar surface area (TPSA) is 194 Å². The van der Waals surface area contributed by atoms with Crippen molar-refractivity contribution in [3.63, 3.8) is 0 Å². The number of carbonyl (C=O) groups is 7. The second-order valence-corrected chi connectivity index (χ2v) is 19.5. The molecule has 64 heavy (non-hydrogen) atoms. The van der Waals surface area contributed by atoms with Crippen LogP contribution in [0.25, 0.3) is 11.1 Å². The molecule has 0 bridgehead atoms. The van der Waals surface area contributed by atoms with Crippen molar-refractivity contribution in [2.24, 2.45) is 17.8 Å². The summed E-state index contributed by atoms with van der Waals surface area (Å²) in [5.41, 5.74) is 2.44. The number of carboxylic acids is 1. The average Bonchev–Trinajstić information content (AvgIpc) is 3.20. The van der Waals surface area contributed by atoms with Crippen LogP contribution in [-0.4, -0.2) is 76.3 Å². The van der Waals surface area contributed by atoms with Gasteiger partial charge in [-0.3, -0.25) is 24.0 Å². The van der Waals surface area contributed by atoms with Crippen LogP contribution >= 0.6 is 0 Å². The third-order valence-corrected chi connectivity index (χ3v) is 10.5. The van der Waals surface area contributed by atoms with E-state index in [0.717, 1.165) is 30.4 Å². The molecule has 0 unspecified atom stereocenters. The molecule has 0 heterocycles. The molecule has 13 nitrogen and oxygen atoms in total. The molecule has 13 heteroatoms. The molecule has 2 aromatic carbocycles. The highest BCUT2D eigenvalue weighted by molar-refractivity contribution is 6.00.